The highest BCUT2D eigenvalue weighted by Crippen LogP contribution is 2.27. The average Bonchev–Trinajstić information content (AvgIpc) is 2.68. The lowest BCUT2D eigenvalue weighted by Gasteiger charge is -2.41. The molecule has 1 aromatic carbocycles. The molecule has 0 saturated carbocycles. The van der Waals surface area contributed by atoms with E-state index in [4.69, 9.17) is 9.47 Å². The van der Waals surface area contributed by atoms with Crippen molar-refractivity contribution < 1.29 is 14.3 Å². The monoisotopic (exact) mass is 354 g/mol. The van der Waals surface area contributed by atoms with Crippen LogP contribution in [0.3, 0.4) is 0 Å². The van der Waals surface area contributed by atoms with Crippen LogP contribution in [0, 0.1) is 6.92 Å². The van der Waals surface area contributed by atoms with E-state index in [-0.39, 0.29) is 5.91 Å². The Kier molecular flexibility index (Phi) is 5.89. The number of carbonyl (C=O) groups is 1. The molecule has 1 saturated heterocycles. The number of hydrogen-bond donors (Lipinski definition) is 0. The molecule has 0 N–H and O–H groups in total. The van der Waals surface area contributed by atoms with Crippen LogP contribution >= 0.6 is 0 Å². The fourth-order valence-electron chi connectivity index (χ4n) is 3.37. The number of piperidine rings is 1. The predicted molar refractivity (Wildman–Crippen MR) is 100 cm³/mol. The van der Waals surface area contributed by atoms with E-state index < -0.39 is 5.60 Å². The summed E-state index contributed by atoms with van der Waals surface area (Å²) in [5.74, 6) is 0.984. The second-order valence-electron chi connectivity index (χ2n) is 6.89. The lowest BCUT2D eigenvalue weighted by Crippen LogP contribution is -2.54. The van der Waals surface area contributed by atoms with E-state index >= 15 is 0 Å². The quantitative estimate of drug-likeness (QED) is 0.800. The van der Waals surface area contributed by atoms with Gasteiger partial charge in [-0.15, -0.1) is 0 Å². The van der Waals surface area contributed by atoms with Crippen LogP contribution in [0.5, 0.6) is 5.75 Å². The number of ether oxygens (including phenoxy) is 2. The molecule has 1 aliphatic rings. The fraction of sp³-hybridized carbons (Fsp3) is 0.429. The van der Waals surface area contributed by atoms with Gasteiger partial charge >= 0.3 is 0 Å². The highest BCUT2D eigenvalue weighted by Gasteiger charge is 2.38. The van der Waals surface area contributed by atoms with E-state index in [0.717, 1.165) is 36.3 Å². The Hall–Kier alpha value is -2.40. The zero-order chi connectivity index (χ0) is 18.4. The maximum Gasteiger partial charge on any atom is 0.227 e. The molecular weight excluding hydrogens is 328 g/mol. The molecule has 0 radical (unpaired) electrons. The third kappa shape index (κ3) is 4.41. The summed E-state index contributed by atoms with van der Waals surface area (Å²) in [6.45, 7) is 3.78. The molecule has 1 aromatic heterocycles. The van der Waals surface area contributed by atoms with Crippen LogP contribution in [-0.4, -0.2) is 48.2 Å². The molecule has 26 heavy (non-hydrogen) atoms. The number of methoxy groups -OCH3 is 1. The number of amides is 1. The standard InChI is InChI=1S/C21H26N2O3/c1-17-6-3-4-7-19(17)26-16-21(25-2)10-5-13-23(15-21)20(24)14-18-8-11-22-12-9-18/h3-4,6-9,11-12H,5,10,13-16H2,1-2H3/t21-/m0/s1. The fourth-order valence-corrected chi connectivity index (χ4v) is 3.37. The molecule has 2 aromatic rings. The van der Waals surface area contributed by atoms with Gasteiger partial charge in [-0.1, -0.05) is 18.2 Å². The molecule has 0 aliphatic carbocycles. The smallest absolute Gasteiger partial charge is 0.227 e. The molecule has 1 aliphatic heterocycles. The van der Waals surface area contributed by atoms with Gasteiger partial charge < -0.3 is 14.4 Å². The van der Waals surface area contributed by atoms with E-state index in [1.54, 1.807) is 19.5 Å². The predicted octanol–water partition coefficient (Wildman–Crippen LogP) is 3.02. The van der Waals surface area contributed by atoms with Crippen LogP contribution in [0.15, 0.2) is 48.8 Å². The van der Waals surface area contributed by atoms with Gasteiger partial charge in [0.2, 0.25) is 5.91 Å². The first-order valence-electron chi connectivity index (χ1n) is 9.02. The van der Waals surface area contributed by atoms with Gasteiger partial charge in [-0.25, -0.2) is 0 Å². The Morgan fingerprint density at radius 3 is 2.73 bits per heavy atom. The maximum absolute atomic E-state index is 12.7. The summed E-state index contributed by atoms with van der Waals surface area (Å²) in [4.78, 5) is 18.6. The Morgan fingerprint density at radius 2 is 2.00 bits per heavy atom. The Balaban J connectivity index is 1.64. The third-order valence-corrected chi connectivity index (χ3v) is 5.01. The normalized spacial score (nSPS) is 20.0. The Morgan fingerprint density at radius 1 is 1.23 bits per heavy atom. The highest BCUT2D eigenvalue weighted by molar-refractivity contribution is 5.79. The third-order valence-electron chi connectivity index (χ3n) is 5.01. The van der Waals surface area contributed by atoms with Crippen molar-refractivity contribution in [1.29, 1.82) is 0 Å². The minimum atomic E-state index is -0.464. The maximum atomic E-state index is 12.7. The minimum Gasteiger partial charge on any atom is -0.490 e. The second-order valence-corrected chi connectivity index (χ2v) is 6.89. The van der Waals surface area contributed by atoms with Crippen molar-refractivity contribution in [3.05, 3.63) is 59.9 Å². The van der Waals surface area contributed by atoms with Crippen LogP contribution in [0.4, 0.5) is 0 Å². The van der Waals surface area contributed by atoms with Crippen molar-refractivity contribution >= 4 is 5.91 Å². The van der Waals surface area contributed by atoms with E-state index in [1.165, 1.54) is 0 Å². The molecule has 5 nitrogen and oxygen atoms in total. The summed E-state index contributed by atoms with van der Waals surface area (Å²) in [5.41, 5.74) is 1.61. The summed E-state index contributed by atoms with van der Waals surface area (Å²) < 4.78 is 11.9. The van der Waals surface area contributed by atoms with Gasteiger partial charge in [-0.2, -0.15) is 0 Å². The molecule has 138 valence electrons. The number of para-hydroxylation sites is 1. The summed E-state index contributed by atoms with van der Waals surface area (Å²) >= 11 is 0. The van der Waals surface area contributed by atoms with Crippen LogP contribution in [-0.2, 0) is 16.0 Å². The highest BCUT2D eigenvalue weighted by atomic mass is 16.5. The summed E-state index contributed by atoms with van der Waals surface area (Å²) in [6.07, 6.45) is 5.62. The molecule has 5 heteroatoms. The molecule has 0 bridgehead atoms. The number of likely N-dealkylation sites (tertiary alicyclic amines) is 1. The molecule has 1 fully saturated rings. The van der Waals surface area contributed by atoms with Crippen molar-refractivity contribution in [3.8, 4) is 5.75 Å². The first kappa shape index (κ1) is 18.4. The largest absolute Gasteiger partial charge is 0.490 e. The Bertz CT molecular complexity index is 735. The Labute approximate surface area is 155 Å². The summed E-state index contributed by atoms with van der Waals surface area (Å²) in [7, 11) is 1.71. The van der Waals surface area contributed by atoms with Crippen molar-refractivity contribution in [2.45, 2.75) is 31.8 Å². The number of benzene rings is 1. The average molecular weight is 354 g/mol. The SMILES string of the molecule is CO[C@@]1(COc2ccccc2C)CCCN(C(=O)Cc2ccncc2)C1. The zero-order valence-electron chi connectivity index (χ0n) is 15.5. The number of aromatic nitrogens is 1. The molecule has 0 spiro atoms. The van der Waals surface area contributed by atoms with E-state index in [1.807, 2.05) is 48.2 Å². The van der Waals surface area contributed by atoms with Gasteiger partial charge in [0.05, 0.1) is 13.0 Å². The van der Waals surface area contributed by atoms with Gasteiger partial charge in [-0.05, 0) is 49.1 Å². The van der Waals surface area contributed by atoms with E-state index in [9.17, 15) is 4.79 Å². The molecular formula is C21H26N2O3. The summed E-state index contributed by atoms with van der Waals surface area (Å²) in [5, 5.41) is 0. The molecule has 1 atom stereocenters. The van der Waals surface area contributed by atoms with Gasteiger partial charge in [0.25, 0.3) is 0 Å². The molecule has 3 rings (SSSR count). The lowest BCUT2D eigenvalue weighted by atomic mass is 9.92. The van der Waals surface area contributed by atoms with Crippen LogP contribution in [0.25, 0.3) is 0 Å². The number of aryl methyl sites for hydroxylation is 1. The number of rotatable bonds is 6. The van der Waals surface area contributed by atoms with Gasteiger partial charge in [0.15, 0.2) is 0 Å². The summed E-state index contributed by atoms with van der Waals surface area (Å²) in [6, 6.07) is 11.7. The molecule has 2 heterocycles. The van der Waals surface area contributed by atoms with Crippen molar-refractivity contribution in [2.24, 2.45) is 0 Å². The van der Waals surface area contributed by atoms with Crippen LogP contribution in [0.1, 0.15) is 24.0 Å². The van der Waals surface area contributed by atoms with Crippen molar-refractivity contribution in [1.82, 2.24) is 9.88 Å². The van der Waals surface area contributed by atoms with Crippen molar-refractivity contribution in [2.75, 3.05) is 26.8 Å². The zero-order valence-corrected chi connectivity index (χ0v) is 15.5. The first-order valence-corrected chi connectivity index (χ1v) is 9.02. The minimum absolute atomic E-state index is 0.119. The van der Waals surface area contributed by atoms with E-state index in [0.29, 0.717) is 19.6 Å². The molecule has 0 unspecified atom stereocenters. The number of nitrogens with zero attached hydrogens (tertiary/aromatic N) is 2. The van der Waals surface area contributed by atoms with Gasteiger partial charge in [0, 0.05) is 26.0 Å². The lowest BCUT2D eigenvalue weighted by molar-refractivity contribution is -0.142. The first-order chi connectivity index (χ1) is 12.6. The second kappa shape index (κ2) is 8.32. The number of hydrogen-bond acceptors (Lipinski definition) is 4. The molecule has 1 amide bonds. The van der Waals surface area contributed by atoms with E-state index in [2.05, 4.69) is 4.98 Å². The number of pyridine rings is 1. The van der Waals surface area contributed by atoms with Crippen LogP contribution < -0.4 is 4.74 Å². The van der Waals surface area contributed by atoms with Gasteiger partial charge in [0.1, 0.15) is 18.0 Å². The van der Waals surface area contributed by atoms with Crippen molar-refractivity contribution in [3.63, 3.8) is 0 Å². The topological polar surface area (TPSA) is 51.7 Å². The van der Waals surface area contributed by atoms with Crippen LogP contribution in [0.2, 0.25) is 0 Å². The number of carbonyl (C=O) groups excluding carboxylic acids is 1. The van der Waals surface area contributed by atoms with Gasteiger partial charge in [-0.3, -0.25) is 9.78 Å².